The molecule has 24 heavy (non-hydrogen) atoms. The van der Waals surface area contributed by atoms with Crippen molar-refractivity contribution in [2.45, 2.75) is 4.90 Å². The third-order valence-electron chi connectivity index (χ3n) is 2.93. The van der Waals surface area contributed by atoms with Gasteiger partial charge in [-0.1, -0.05) is 23.7 Å². The Morgan fingerprint density at radius 1 is 1.00 bits per heavy atom. The van der Waals surface area contributed by atoms with E-state index in [-0.39, 0.29) is 10.5 Å². The predicted octanol–water partition coefficient (Wildman–Crippen LogP) is 1.71. The van der Waals surface area contributed by atoms with E-state index in [0.29, 0.717) is 5.02 Å². The molecule has 0 saturated carbocycles. The lowest BCUT2D eigenvalue weighted by molar-refractivity contribution is -0.119. The third-order valence-corrected chi connectivity index (χ3v) is 4.81. The summed E-state index contributed by atoms with van der Waals surface area (Å²) in [4.78, 5) is 23.3. The van der Waals surface area contributed by atoms with Crippen LogP contribution in [0.4, 0.5) is 4.39 Å². The van der Waals surface area contributed by atoms with Gasteiger partial charge in [0.15, 0.2) is 9.84 Å². The molecule has 0 radical (unpaired) electrons. The number of nitrogens with one attached hydrogen (secondary N) is 2. The van der Waals surface area contributed by atoms with Crippen LogP contribution in [-0.4, -0.2) is 26.0 Å². The van der Waals surface area contributed by atoms with Gasteiger partial charge in [0, 0.05) is 5.02 Å². The summed E-state index contributed by atoms with van der Waals surface area (Å²) in [6, 6.07) is 10.5. The minimum Gasteiger partial charge on any atom is -0.272 e. The average Bonchev–Trinajstić information content (AvgIpc) is 2.53. The Bertz CT molecular complexity index is 869. The third kappa shape index (κ3) is 4.53. The van der Waals surface area contributed by atoms with Gasteiger partial charge < -0.3 is 0 Å². The number of hydrogen-bond acceptors (Lipinski definition) is 4. The Balaban J connectivity index is 1.97. The molecule has 0 aliphatic rings. The number of sulfone groups is 1. The molecule has 2 aromatic carbocycles. The number of carbonyl (C=O) groups excluding carboxylic acids is 2. The molecule has 0 heterocycles. The van der Waals surface area contributed by atoms with Crippen molar-refractivity contribution in [1.82, 2.24) is 10.9 Å². The van der Waals surface area contributed by atoms with E-state index in [4.69, 9.17) is 11.6 Å². The highest BCUT2D eigenvalue weighted by atomic mass is 35.5. The van der Waals surface area contributed by atoms with Crippen LogP contribution in [0, 0.1) is 5.82 Å². The van der Waals surface area contributed by atoms with Crippen LogP contribution in [0.3, 0.4) is 0 Å². The van der Waals surface area contributed by atoms with Crippen LogP contribution in [0.2, 0.25) is 5.02 Å². The molecule has 9 heteroatoms. The fourth-order valence-corrected chi connectivity index (χ4v) is 3.03. The van der Waals surface area contributed by atoms with E-state index in [0.717, 1.165) is 6.07 Å². The maximum absolute atomic E-state index is 13.4. The lowest BCUT2D eigenvalue weighted by atomic mass is 10.2. The van der Waals surface area contributed by atoms with Crippen LogP contribution in [-0.2, 0) is 14.6 Å². The molecular weight excluding hydrogens is 359 g/mol. The second-order valence-electron chi connectivity index (χ2n) is 4.70. The Hall–Kier alpha value is -2.45. The van der Waals surface area contributed by atoms with Gasteiger partial charge >= 0.3 is 0 Å². The van der Waals surface area contributed by atoms with Crippen molar-refractivity contribution in [2.75, 3.05) is 5.75 Å². The largest absolute Gasteiger partial charge is 0.272 e. The second-order valence-corrected chi connectivity index (χ2v) is 7.12. The number of rotatable bonds is 4. The van der Waals surface area contributed by atoms with Crippen LogP contribution >= 0.6 is 11.6 Å². The van der Waals surface area contributed by atoms with Crippen LogP contribution in [0.1, 0.15) is 10.4 Å². The summed E-state index contributed by atoms with van der Waals surface area (Å²) in [5.41, 5.74) is 3.61. The van der Waals surface area contributed by atoms with E-state index in [1.807, 2.05) is 10.9 Å². The molecule has 0 unspecified atom stereocenters. The number of benzene rings is 2. The van der Waals surface area contributed by atoms with Crippen LogP contribution in [0.25, 0.3) is 0 Å². The highest BCUT2D eigenvalue weighted by Gasteiger charge is 2.20. The van der Waals surface area contributed by atoms with E-state index >= 15 is 0 Å². The number of halogens is 2. The number of carbonyl (C=O) groups is 2. The minimum absolute atomic E-state index is 0.0810. The highest BCUT2D eigenvalue weighted by molar-refractivity contribution is 7.92. The Labute approximate surface area is 142 Å². The van der Waals surface area contributed by atoms with E-state index in [1.54, 1.807) is 0 Å². The van der Waals surface area contributed by atoms with E-state index in [9.17, 15) is 22.4 Å². The molecule has 0 fully saturated rings. The molecular formula is C15H12ClFN2O4S. The van der Waals surface area contributed by atoms with Crippen molar-refractivity contribution in [1.29, 1.82) is 0 Å². The molecule has 2 aromatic rings. The zero-order valence-corrected chi connectivity index (χ0v) is 13.7. The monoisotopic (exact) mass is 370 g/mol. The topological polar surface area (TPSA) is 92.3 Å². The van der Waals surface area contributed by atoms with Gasteiger partial charge in [-0.25, -0.2) is 12.8 Å². The van der Waals surface area contributed by atoms with E-state index in [2.05, 4.69) is 0 Å². The fourth-order valence-electron chi connectivity index (χ4n) is 1.77. The van der Waals surface area contributed by atoms with Crippen molar-refractivity contribution >= 4 is 33.3 Å². The van der Waals surface area contributed by atoms with Gasteiger partial charge in [0.1, 0.15) is 11.6 Å². The van der Waals surface area contributed by atoms with Crippen LogP contribution in [0.5, 0.6) is 0 Å². The molecule has 126 valence electrons. The van der Waals surface area contributed by atoms with Gasteiger partial charge in [-0.2, -0.15) is 0 Å². The van der Waals surface area contributed by atoms with E-state index < -0.39 is 33.2 Å². The fraction of sp³-hybridized carbons (Fsp3) is 0.0667. The SMILES string of the molecule is O=C(CS(=O)(=O)c1ccc(Cl)cc1)NNC(=O)c1ccccc1F. The summed E-state index contributed by atoms with van der Waals surface area (Å²) < 4.78 is 37.5. The van der Waals surface area contributed by atoms with E-state index in [1.165, 1.54) is 42.5 Å². The summed E-state index contributed by atoms with van der Waals surface area (Å²) >= 11 is 5.67. The molecule has 2 amide bonds. The van der Waals surface area contributed by atoms with Gasteiger partial charge in [0.05, 0.1) is 10.5 Å². The van der Waals surface area contributed by atoms with Crippen molar-refractivity contribution in [2.24, 2.45) is 0 Å². The minimum atomic E-state index is -3.89. The standard InChI is InChI=1S/C15H12ClFN2O4S/c16-10-5-7-11(8-6-10)24(22,23)9-14(20)18-19-15(21)12-3-1-2-4-13(12)17/h1-8H,9H2,(H,18,20)(H,19,21). The molecule has 0 aliphatic heterocycles. The van der Waals surface area contributed by atoms with Crippen LogP contribution in [0.15, 0.2) is 53.4 Å². The maximum atomic E-state index is 13.4. The summed E-state index contributed by atoms with van der Waals surface area (Å²) in [6.07, 6.45) is 0. The first-order valence-electron chi connectivity index (χ1n) is 6.61. The van der Waals surface area contributed by atoms with Gasteiger partial charge in [0.25, 0.3) is 11.8 Å². The molecule has 0 atom stereocenters. The van der Waals surface area contributed by atoms with Crippen molar-refractivity contribution in [3.63, 3.8) is 0 Å². The first-order valence-corrected chi connectivity index (χ1v) is 8.64. The van der Waals surface area contributed by atoms with Gasteiger partial charge in [0.2, 0.25) is 0 Å². The molecule has 0 bridgehead atoms. The van der Waals surface area contributed by atoms with Crippen molar-refractivity contribution in [3.8, 4) is 0 Å². The summed E-state index contributed by atoms with van der Waals surface area (Å²) in [6.45, 7) is 0. The highest BCUT2D eigenvalue weighted by Crippen LogP contribution is 2.15. The molecule has 2 N–H and O–H groups in total. The Morgan fingerprint density at radius 3 is 2.25 bits per heavy atom. The maximum Gasteiger partial charge on any atom is 0.272 e. The molecule has 2 rings (SSSR count). The zero-order valence-electron chi connectivity index (χ0n) is 12.1. The average molecular weight is 371 g/mol. The quantitative estimate of drug-likeness (QED) is 0.801. The molecule has 0 aromatic heterocycles. The number of hydrogen-bond donors (Lipinski definition) is 2. The lowest BCUT2D eigenvalue weighted by Gasteiger charge is -2.08. The summed E-state index contributed by atoms with van der Waals surface area (Å²) in [5, 5.41) is 0.357. The molecule has 0 saturated heterocycles. The smallest absolute Gasteiger partial charge is 0.272 e. The van der Waals surface area contributed by atoms with Gasteiger partial charge in [-0.3, -0.25) is 20.4 Å². The van der Waals surface area contributed by atoms with Crippen LogP contribution < -0.4 is 10.9 Å². The predicted molar refractivity (Wildman–Crippen MR) is 85.5 cm³/mol. The normalized spacial score (nSPS) is 10.9. The lowest BCUT2D eigenvalue weighted by Crippen LogP contribution is -2.44. The molecule has 0 aliphatic carbocycles. The number of amides is 2. The first-order chi connectivity index (χ1) is 11.3. The number of hydrazine groups is 1. The summed E-state index contributed by atoms with van der Waals surface area (Å²) in [5.74, 6) is -3.51. The molecule has 6 nitrogen and oxygen atoms in total. The zero-order chi connectivity index (χ0) is 17.7. The summed E-state index contributed by atoms with van der Waals surface area (Å²) in [7, 11) is -3.89. The molecule has 0 spiro atoms. The van der Waals surface area contributed by atoms with Gasteiger partial charge in [-0.05, 0) is 36.4 Å². The Morgan fingerprint density at radius 2 is 1.62 bits per heavy atom. The second kappa shape index (κ2) is 7.41. The first kappa shape index (κ1) is 17.9. The van der Waals surface area contributed by atoms with Gasteiger partial charge in [-0.15, -0.1) is 0 Å². The van der Waals surface area contributed by atoms with Crippen molar-refractivity contribution < 1.29 is 22.4 Å². The van der Waals surface area contributed by atoms with Crippen molar-refractivity contribution in [3.05, 3.63) is 64.9 Å². The Kier molecular flexibility index (Phi) is 5.53.